The maximum atomic E-state index is 13.0. The molecule has 1 amide bonds. The number of para-hydroxylation sites is 1. The summed E-state index contributed by atoms with van der Waals surface area (Å²) in [6.45, 7) is 0.503. The molecule has 2 aromatic heterocycles. The Labute approximate surface area is 153 Å². The van der Waals surface area contributed by atoms with Crippen LogP contribution in [0.2, 0.25) is 0 Å². The topological polar surface area (TPSA) is 88.2 Å². The van der Waals surface area contributed by atoms with Gasteiger partial charge in [-0.3, -0.25) is 9.59 Å². The Bertz CT molecular complexity index is 1050. The molecule has 4 rings (SSSR count). The number of likely N-dealkylation sites (tertiary alicyclic amines) is 1. The number of alkyl halides is 3. The predicted octanol–water partition coefficient (Wildman–Crippen LogP) is 2.30. The lowest BCUT2D eigenvalue weighted by atomic mass is 10.1. The zero-order valence-corrected chi connectivity index (χ0v) is 14.3. The SMILES string of the molecule is O=C(c1ccc(=O)[nH]n1)N1CC(Oc2nc3c(C(F)(F)F)cccc3s2)C1. The molecule has 1 aliphatic heterocycles. The summed E-state index contributed by atoms with van der Waals surface area (Å²) in [6.07, 6.45) is -4.86. The molecule has 0 saturated carbocycles. The lowest BCUT2D eigenvalue weighted by Crippen LogP contribution is -2.56. The average Bonchev–Trinajstić information content (AvgIpc) is 2.99. The van der Waals surface area contributed by atoms with Crippen molar-refractivity contribution in [3.05, 3.63) is 51.9 Å². The number of fused-ring (bicyclic) bond motifs is 1. The first-order valence-corrected chi connectivity index (χ1v) is 8.61. The number of hydrogen-bond donors (Lipinski definition) is 1. The Morgan fingerprint density at radius 1 is 1.26 bits per heavy atom. The molecule has 11 heteroatoms. The number of carbonyl (C=O) groups excluding carboxylic acids is 1. The molecule has 140 valence electrons. The van der Waals surface area contributed by atoms with Crippen LogP contribution in [0.5, 0.6) is 5.19 Å². The number of thiazole rings is 1. The number of nitrogens with zero attached hydrogens (tertiary/aromatic N) is 3. The number of hydrogen-bond acceptors (Lipinski definition) is 6. The van der Waals surface area contributed by atoms with Gasteiger partial charge < -0.3 is 9.64 Å². The molecule has 1 aromatic carbocycles. The van der Waals surface area contributed by atoms with Crippen LogP contribution in [0.25, 0.3) is 10.2 Å². The Balaban J connectivity index is 1.43. The van der Waals surface area contributed by atoms with Crippen molar-refractivity contribution in [1.29, 1.82) is 0 Å². The molecule has 0 radical (unpaired) electrons. The zero-order valence-electron chi connectivity index (χ0n) is 13.5. The van der Waals surface area contributed by atoms with Gasteiger partial charge in [0.05, 0.1) is 28.9 Å². The molecule has 3 aromatic rings. The quantitative estimate of drug-likeness (QED) is 0.734. The Morgan fingerprint density at radius 3 is 2.70 bits per heavy atom. The van der Waals surface area contributed by atoms with E-state index in [0.717, 1.165) is 17.4 Å². The van der Waals surface area contributed by atoms with Gasteiger partial charge in [-0.25, -0.2) is 10.1 Å². The van der Waals surface area contributed by atoms with Crippen LogP contribution in [0.15, 0.2) is 35.1 Å². The summed E-state index contributed by atoms with van der Waals surface area (Å²) >= 11 is 1.02. The number of aromatic amines is 1. The highest BCUT2D eigenvalue weighted by Gasteiger charge is 2.36. The minimum Gasteiger partial charge on any atom is -0.463 e. The van der Waals surface area contributed by atoms with Gasteiger partial charge in [0.25, 0.3) is 16.7 Å². The number of ether oxygens (including phenoxy) is 1. The summed E-state index contributed by atoms with van der Waals surface area (Å²) in [5.41, 5.74) is -1.26. The summed E-state index contributed by atoms with van der Waals surface area (Å²) < 4.78 is 45.1. The highest BCUT2D eigenvalue weighted by Crippen LogP contribution is 2.38. The summed E-state index contributed by atoms with van der Waals surface area (Å²) in [5.74, 6) is -0.366. The number of nitrogens with one attached hydrogen (secondary N) is 1. The zero-order chi connectivity index (χ0) is 19.2. The first-order chi connectivity index (χ1) is 12.8. The highest BCUT2D eigenvalue weighted by molar-refractivity contribution is 7.20. The van der Waals surface area contributed by atoms with Crippen molar-refractivity contribution in [2.45, 2.75) is 12.3 Å². The second-order valence-corrected chi connectivity index (χ2v) is 6.88. The first-order valence-electron chi connectivity index (χ1n) is 7.79. The molecular weight excluding hydrogens is 385 g/mol. The van der Waals surface area contributed by atoms with Crippen molar-refractivity contribution >= 4 is 27.5 Å². The van der Waals surface area contributed by atoms with Crippen molar-refractivity contribution in [2.75, 3.05) is 13.1 Å². The van der Waals surface area contributed by atoms with Gasteiger partial charge in [-0.1, -0.05) is 17.4 Å². The number of carbonyl (C=O) groups is 1. The molecule has 3 heterocycles. The van der Waals surface area contributed by atoms with E-state index in [1.54, 1.807) is 6.07 Å². The van der Waals surface area contributed by atoms with Crippen LogP contribution in [0, 0.1) is 0 Å². The van der Waals surface area contributed by atoms with Gasteiger partial charge in [0.2, 0.25) is 0 Å². The molecule has 7 nitrogen and oxygen atoms in total. The number of benzene rings is 1. The third kappa shape index (κ3) is 3.37. The molecule has 0 unspecified atom stereocenters. The van der Waals surface area contributed by atoms with Gasteiger partial charge in [-0.15, -0.1) is 0 Å². The van der Waals surface area contributed by atoms with Crippen LogP contribution < -0.4 is 10.3 Å². The summed E-state index contributed by atoms with van der Waals surface area (Å²) in [4.78, 5) is 28.6. The van der Waals surface area contributed by atoms with Gasteiger partial charge in [0.15, 0.2) is 0 Å². The van der Waals surface area contributed by atoms with Gasteiger partial charge in [-0.2, -0.15) is 18.3 Å². The molecule has 0 atom stereocenters. The number of aromatic nitrogens is 3. The second kappa shape index (κ2) is 6.34. The first kappa shape index (κ1) is 17.5. The molecule has 1 saturated heterocycles. The van der Waals surface area contributed by atoms with Crippen molar-refractivity contribution in [3.63, 3.8) is 0 Å². The van der Waals surface area contributed by atoms with Crippen LogP contribution >= 0.6 is 11.3 Å². The second-order valence-electron chi connectivity index (χ2n) is 5.89. The van der Waals surface area contributed by atoms with Crippen molar-refractivity contribution in [1.82, 2.24) is 20.1 Å². The molecule has 1 aliphatic rings. The number of rotatable bonds is 3. The largest absolute Gasteiger partial charge is 0.463 e. The van der Waals surface area contributed by atoms with Crippen LogP contribution in [0.1, 0.15) is 16.1 Å². The van der Waals surface area contributed by atoms with Crippen molar-refractivity contribution in [3.8, 4) is 5.19 Å². The molecule has 1 fully saturated rings. The Kier molecular flexibility index (Phi) is 4.10. The lowest BCUT2D eigenvalue weighted by Gasteiger charge is -2.37. The van der Waals surface area contributed by atoms with E-state index >= 15 is 0 Å². The van der Waals surface area contributed by atoms with E-state index < -0.39 is 17.3 Å². The summed E-state index contributed by atoms with van der Waals surface area (Å²) in [6, 6.07) is 6.38. The molecule has 1 N–H and O–H groups in total. The van der Waals surface area contributed by atoms with Gasteiger partial charge >= 0.3 is 6.18 Å². The van der Waals surface area contributed by atoms with E-state index in [2.05, 4.69) is 15.2 Å². The number of H-pyrrole nitrogens is 1. The van der Waals surface area contributed by atoms with Crippen molar-refractivity contribution in [2.24, 2.45) is 0 Å². The van der Waals surface area contributed by atoms with E-state index in [9.17, 15) is 22.8 Å². The molecular formula is C16H11F3N4O3S. The number of amides is 1. The monoisotopic (exact) mass is 396 g/mol. The van der Waals surface area contributed by atoms with Gasteiger partial charge in [0.1, 0.15) is 11.8 Å². The average molecular weight is 396 g/mol. The van der Waals surface area contributed by atoms with E-state index in [1.807, 2.05) is 0 Å². The fourth-order valence-electron chi connectivity index (χ4n) is 2.65. The minimum atomic E-state index is -4.49. The summed E-state index contributed by atoms with van der Waals surface area (Å²) in [7, 11) is 0. The van der Waals surface area contributed by atoms with E-state index in [-0.39, 0.29) is 41.5 Å². The molecule has 0 spiro atoms. The fourth-order valence-corrected chi connectivity index (χ4v) is 3.56. The number of halogens is 3. The minimum absolute atomic E-state index is 0.0999. The van der Waals surface area contributed by atoms with E-state index in [4.69, 9.17) is 4.74 Å². The summed E-state index contributed by atoms with van der Waals surface area (Å²) in [5, 5.41) is 5.97. The highest BCUT2D eigenvalue weighted by atomic mass is 32.1. The van der Waals surface area contributed by atoms with Crippen LogP contribution in [0.3, 0.4) is 0 Å². The Hall–Kier alpha value is -2.95. The van der Waals surface area contributed by atoms with Gasteiger partial charge in [-0.05, 0) is 18.2 Å². The fraction of sp³-hybridized carbons (Fsp3) is 0.250. The normalized spacial score (nSPS) is 15.0. The third-order valence-corrected chi connectivity index (χ3v) is 4.92. The van der Waals surface area contributed by atoms with Crippen LogP contribution in [-0.4, -0.2) is 45.2 Å². The lowest BCUT2D eigenvalue weighted by molar-refractivity contribution is -0.136. The predicted molar refractivity (Wildman–Crippen MR) is 89.8 cm³/mol. The maximum Gasteiger partial charge on any atom is 0.418 e. The van der Waals surface area contributed by atoms with Crippen molar-refractivity contribution < 1.29 is 22.7 Å². The van der Waals surface area contributed by atoms with E-state index in [0.29, 0.717) is 4.70 Å². The van der Waals surface area contributed by atoms with E-state index in [1.165, 1.54) is 23.1 Å². The molecule has 0 bridgehead atoms. The smallest absolute Gasteiger partial charge is 0.418 e. The molecule has 0 aliphatic carbocycles. The van der Waals surface area contributed by atoms with Crippen LogP contribution in [0.4, 0.5) is 13.2 Å². The molecule has 27 heavy (non-hydrogen) atoms. The maximum absolute atomic E-state index is 13.0. The van der Waals surface area contributed by atoms with Crippen LogP contribution in [-0.2, 0) is 6.18 Å². The van der Waals surface area contributed by atoms with Gasteiger partial charge in [0, 0.05) is 6.07 Å². The third-order valence-electron chi connectivity index (χ3n) is 4.01. The Morgan fingerprint density at radius 2 is 2.04 bits per heavy atom. The standard InChI is InChI=1S/C16H11F3N4O3S/c17-16(18,19)9-2-1-3-11-13(9)20-15(27-11)26-8-6-23(7-8)14(25)10-4-5-12(24)22-21-10/h1-5,8H,6-7H2,(H,22,24).